The van der Waals surface area contributed by atoms with Gasteiger partial charge in [-0.25, -0.2) is 8.42 Å². The van der Waals surface area contributed by atoms with E-state index in [1.165, 1.54) is 15.6 Å². The van der Waals surface area contributed by atoms with Crippen LogP contribution in [-0.2, 0) is 14.8 Å². The zero-order chi connectivity index (χ0) is 22.0. The molecular weight excluding hydrogens is 432 g/mol. The maximum atomic E-state index is 13.1. The van der Waals surface area contributed by atoms with Crippen LogP contribution in [0, 0.1) is 12.8 Å². The van der Waals surface area contributed by atoms with Gasteiger partial charge >= 0.3 is 0 Å². The van der Waals surface area contributed by atoms with Crippen LogP contribution in [0.4, 0.5) is 11.4 Å². The molecule has 0 radical (unpaired) electrons. The van der Waals surface area contributed by atoms with Crippen molar-refractivity contribution in [1.29, 1.82) is 0 Å². The molecule has 0 spiro atoms. The quantitative estimate of drug-likeness (QED) is 0.740. The minimum absolute atomic E-state index is 0.108. The Balaban J connectivity index is 1.46. The number of nitrogens with zero attached hydrogens (tertiary/aromatic N) is 3. The maximum absolute atomic E-state index is 13.1. The van der Waals surface area contributed by atoms with Gasteiger partial charge in [0.25, 0.3) is 10.0 Å². The standard InChI is InChI=1S/C22H30N4O3S2/c1-17-9-10-21(30-17)31(28,29)26-11-5-6-18(16-26)22(27)23-19-7-3-4-8-20(19)25-14-12-24(2)13-15-25/h3-4,7-10,18H,5-6,11-16H2,1-2H3,(H,23,27). The predicted molar refractivity (Wildman–Crippen MR) is 125 cm³/mol. The number of nitrogens with one attached hydrogen (secondary N) is 1. The number of sulfonamides is 1. The van der Waals surface area contributed by atoms with Gasteiger partial charge in [0.05, 0.1) is 17.3 Å². The van der Waals surface area contributed by atoms with Crippen LogP contribution in [-0.4, -0.2) is 69.8 Å². The third-order valence-corrected chi connectivity index (χ3v) is 9.40. The summed E-state index contributed by atoms with van der Waals surface area (Å²) in [6.45, 7) is 6.38. The number of carbonyl (C=O) groups excluding carboxylic acids is 1. The van der Waals surface area contributed by atoms with Crippen molar-refractivity contribution in [2.75, 3.05) is 56.5 Å². The summed E-state index contributed by atoms with van der Waals surface area (Å²) in [6.07, 6.45) is 1.37. The number of hydrogen-bond donors (Lipinski definition) is 1. The van der Waals surface area contributed by atoms with Gasteiger partial charge in [0.2, 0.25) is 5.91 Å². The van der Waals surface area contributed by atoms with E-state index in [1.54, 1.807) is 6.07 Å². The van der Waals surface area contributed by atoms with Crippen molar-refractivity contribution in [3.8, 4) is 0 Å². The van der Waals surface area contributed by atoms with Crippen molar-refractivity contribution in [2.45, 2.75) is 24.0 Å². The number of rotatable bonds is 5. The average molecular weight is 463 g/mol. The van der Waals surface area contributed by atoms with Crippen LogP contribution in [0.2, 0.25) is 0 Å². The molecule has 31 heavy (non-hydrogen) atoms. The molecule has 0 saturated carbocycles. The number of aryl methyl sites for hydroxylation is 1. The Kier molecular flexibility index (Phi) is 6.66. The Hall–Kier alpha value is -1.94. The number of piperazine rings is 1. The smallest absolute Gasteiger partial charge is 0.252 e. The highest BCUT2D eigenvalue weighted by atomic mass is 32.2. The van der Waals surface area contributed by atoms with Crippen molar-refractivity contribution in [2.24, 2.45) is 5.92 Å². The Bertz CT molecular complexity index is 1030. The molecule has 0 aliphatic carbocycles. The monoisotopic (exact) mass is 462 g/mol. The van der Waals surface area contributed by atoms with Crippen LogP contribution < -0.4 is 10.2 Å². The molecule has 1 unspecified atom stereocenters. The van der Waals surface area contributed by atoms with E-state index in [0.29, 0.717) is 23.6 Å². The summed E-state index contributed by atoms with van der Waals surface area (Å²) in [5.74, 6) is -0.464. The first-order valence-electron chi connectivity index (χ1n) is 10.7. The molecular formula is C22H30N4O3S2. The van der Waals surface area contributed by atoms with E-state index >= 15 is 0 Å². The van der Waals surface area contributed by atoms with Gasteiger partial charge in [0.15, 0.2) is 0 Å². The SMILES string of the molecule is Cc1ccc(S(=O)(=O)N2CCCC(C(=O)Nc3ccccc3N3CCN(C)CC3)C2)s1. The van der Waals surface area contributed by atoms with Crippen molar-refractivity contribution >= 4 is 38.6 Å². The van der Waals surface area contributed by atoms with Crippen molar-refractivity contribution in [3.05, 3.63) is 41.3 Å². The lowest BCUT2D eigenvalue weighted by molar-refractivity contribution is -0.120. The Morgan fingerprint density at radius 1 is 1.06 bits per heavy atom. The zero-order valence-corrected chi connectivity index (χ0v) is 19.7. The number of para-hydroxylation sites is 2. The van der Waals surface area contributed by atoms with Crippen LogP contribution in [0.25, 0.3) is 0 Å². The minimum atomic E-state index is -3.55. The fourth-order valence-electron chi connectivity index (χ4n) is 4.19. The lowest BCUT2D eigenvalue weighted by Gasteiger charge is -2.35. The molecule has 2 aliphatic heterocycles. The molecule has 4 rings (SSSR count). The third kappa shape index (κ3) is 4.95. The molecule has 0 bridgehead atoms. The molecule has 1 aromatic heterocycles. The van der Waals surface area contributed by atoms with E-state index in [4.69, 9.17) is 0 Å². The molecule has 1 aromatic carbocycles. The number of hydrogen-bond acceptors (Lipinski definition) is 6. The fourth-order valence-corrected chi connectivity index (χ4v) is 7.15. The third-order valence-electron chi connectivity index (χ3n) is 6.07. The highest BCUT2D eigenvalue weighted by molar-refractivity contribution is 7.91. The van der Waals surface area contributed by atoms with E-state index in [9.17, 15) is 13.2 Å². The van der Waals surface area contributed by atoms with Crippen LogP contribution in [0.15, 0.2) is 40.6 Å². The second-order valence-electron chi connectivity index (χ2n) is 8.36. The van der Waals surface area contributed by atoms with Gasteiger partial charge < -0.3 is 15.1 Å². The van der Waals surface area contributed by atoms with E-state index in [-0.39, 0.29) is 18.4 Å². The molecule has 168 valence electrons. The summed E-state index contributed by atoms with van der Waals surface area (Å²) in [5, 5.41) is 3.09. The average Bonchev–Trinajstić information content (AvgIpc) is 3.22. The summed E-state index contributed by atoms with van der Waals surface area (Å²) in [5.41, 5.74) is 1.82. The molecule has 9 heteroatoms. The second kappa shape index (κ2) is 9.28. The molecule has 1 N–H and O–H groups in total. The molecule has 2 saturated heterocycles. The highest BCUT2D eigenvalue weighted by Crippen LogP contribution is 2.30. The van der Waals surface area contributed by atoms with Crippen LogP contribution in [0.5, 0.6) is 0 Å². The normalized spacial score (nSPS) is 21.2. The topological polar surface area (TPSA) is 73.0 Å². The predicted octanol–water partition coefficient (Wildman–Crippen LogP) is 2.85. The highest BCUT2D eigenvalue weighted by Gasteiger charge is 2.34. The first-order chi connectivity index (χ1) is 14.8. The number of thiophene rings is 1. The summed E-state index contributed by atoms with van der Waals surface area (Å²) < 4.78 is 27.8. The van der Waals surface area contributed by atoms with Gasteiger partial charge in [-0.3, -0.25) is 4.79 Å². The molecule has 3 heterocycles. The largest absolute Gasteiger partial charge is 0.367 e. The molecule has 7 nitrogen and oxygen atoms in total. The van der Waals surface area contributed by atoms with Gasteiger partial charge in [0, 0.05) is 44.1 Å². The number of piperidine rings is 1. The molecule has 1 atom stereocenters. The van der Waals surface area contributed by atoms with E-state index < -0.39 is 10.0 Å². The van der Waals surface area contributed by atoms with Gasteiger partial charge in [-0.1, -0.05) is 12.1 Å². The Morgan fingerprint density at radius 2 is 1.81 bits per heavy atom. The first kappa shape index (κ1) is 22.3. The lowest BCUT2D eigenvalue weighted by atomic mass is 9.98. The number of amides is 1. The van der Waals surface area contributed by atoms with Gasteiger partial charge in [-0.05, 0) is 51.1 Å². The van der Waals surface area contributed by atoms with Crippen molar-refractivity contribution in [3.63, 3.8) is 0 Å². The summed E-state index contributed by atoms with van der Waals surface area (Å²) >= 11 is 1.28. The van der Waals surface area contributed by atoms with Crippen molar-refractivity contribution in [1.82, 2.24) is 9.21 Å². The number of carbonyl (C=O) groups is 1. The minimum Gasteiger partial charge on any atom is -0.367 e. The van der Waals surface area contributed by atoms with E-state index in [1.807, 2.05) is 37.3 Å². The Morgan fingerprint density at radius 3 is 2.52 bits per heavy atom. The van der Waals surface area contributed by atoms with Crippen LogP contribution in [0.1, 0.15) is 17.7 Å². The number of anilines is 2. The zero-order valence-electron chi connectivity index (χ0n) is 18.1. The maximum Gasteiger partial charge on any atom is 0.252 e. The van der Waals surface area contributed by atoms with E-state index in [2.05, 4.69) is 22.2 Å². The Labute approximate surface area is 188 Å². The van der Waals surface area contributed by atoms with Crippen molar-refractivity contribution < 1.29 is 13.2 Å². The summed E-state index contributed by atoms with van der Waals surface area (Å²) in [4.78, 5) is 18.7. The number of likely N-dealkylation sites (N-methyl/N-ethyl adjacent to an activating group) is 1. The lowest BCUT2D eigenvalue weighted by Crippen LogP contribution is -2.45. The van der Waals surface area contributed by atoms with Gasteiger partial charge in [-0.15, -0.1) is 11.3 Å². The van der Waals surface area contributed by atoms with Gasteiger partial charge in [0.1, 0.15) is 4.21 Å². The van der Waals surface area contributed by atoms with Gasteiger partial charge in [-0.2, -0.15) is 4.31 Å². The first-order valence-corrected chi connectivity index (χ1v) is 13.0. The van der Waals surface area contributed by atoms with E-state index in [0.717, 1.165) is 42.4 Å². The van der Waals surface area contributed by atoms with Crippen LogP contribution >= 0.6 is 11.3 Å². The summed E-state index contributed by atoms with van der Waals surface area (Å²) in [6, 6.07) is 11.4. The summed E-state index contributed by atoms with van der Waals surface area (Å²) in [7, 11) is -1.44. The molecule has 2 aliphatic rings. The number of benzene rings is 1. The molecule has 2 fully saturated rings. The molecule has 1 amide bonds. The van der Waals surface area contributed by atoms with Crippen LogP contribution in [0.3, 0.4) is 0 Å². The molecule has 2 aromatic rings. The second-order valence-corrected chi connectivity index (χ2v) is 11.8. The fraction of sp³-hybridized carbons (Fsp3) is 0.500.